The Labute approximate surface area is 144 Å². The van der Waals surface area contributed by atoms with E-state index in [1.807, 2.05) is 48.0 Å². The summed E-state index contributed by atoms with van der Waals surface area (Å²) in [5.74, 6) is 0.869. The molecule has 1 aromatic carbocycles. The van der Waals surface area contributed by atoms with E-state index in [2.05, 4.69) is 6.92 Å². The molecular formula is C20H28N2O2. The number of carbonyl (C=O) groups is 2. The van der Waals surface area contributed by atoms with E-state index in [1.54, 1.807) is 0 Å². The van der Waals surface area contributed by atoms with Crippen molar-refractivity contribution in [3.8, 4) is 0 Å². The van der Waals surface area contributed by atoms with Crippen molar-refractivity contribution in [2.24, 2.45) is 11.8 Å². The van der Waals surface area contributed by atoms with Crippen LogP contribution in [0.25, 0.3) is 0 Å². The summed E-state index contributed by atoms with van der Waals surface area (Å²) in [6.45, 7) is 5.46. The van der Waals surface area contributed by atoms with E-state index in [0.717, 1.165) is 24.9 Å². The molecular weight excluding hydrogens is 300 g/mol. The molecule has 2 fully saturated rings. The first-order valence-corrected chi connectivity index (χ1v) is 9.10. The van der Waals surface area contributed by atoms with E-state index in [4.69, 9.17) is 0 Å². The maximum atomic E-state index is 12.8. The number of rotatable bonds is 4. The van der Waals surface area contributed by atoms with Gasteiger partial charge in [0.05, 0.1) is 5.92 Å². The van der Waals surface area contributed by atoms with Crippen LogP contribution in [0.1, 0.15) is 48.5 Å². The van der Waals surface area contributed by atoms with Crippen LogP contribution in [0.3, 0.4) is 0 Å². The summed E-state index contributed by atoms with van der Waals surface area (Å²) in [6, 6.07) is 8.01. The fourth-order valence-corrected chi connectivity index (χ4v) is 3.63. The van der Waals surface area contributed by atoms with Crippen molar-refractivity contribution >= 4 is 11.8 Å². The van der Waals surface area contributed by atoms with Crippen LogP contribution in [-0.4, -0.2) is 47.8 Å². The lowest BCUT2D eigenvalue weighted by atomic mass is 9.95. The molecule has 0 radical (unpaired) electrons. The molecule has 1 aliphatic heterocycles. The van der Waals surface area contributed by atoms with Gasteiger partial charge >= 0.3 is 0 Å². The second kappa shape index (κ2) is 6.96. The third-order valence-electron chi connectivity index (χ3n) is 5.62. The first kappa shape index (κ1) is 17.0. The highest BCUT2D eigenvalue weighted by atomic mass is 16.2. The van der Waals surface area contributed by atoms with Gasteiger partial charge in [-0.15, -0.1) is 0 Å². The molecule has 0 N–H and O–H groups in total. The van der Waals surface area contributed by atoms with Crippen molar-refractivity contribution in [2.45, 2.75) is 45.6 Å². The van der Waals surface area contributed by atoms with Crippen molar-refractivity contribution in [3.63, 3.8) is 0 Å². The van der Waals surface area contributed by atoms with Crippen LogP contribution in [0.2, 0.25) is 0 Å². The Kier molecular flexibility index (Phi) is 4.93. The molecule has 2 amide bonds. The average molecular weight is 328 g/mol. The lowest BCUT2D eigenvalue weighted by Crippen LogP contribution is -2.48. The highest BCUT2D eigenvalue weighted by Crippen LogP contribution is 2.35. The Morgan fingerprint density at radius 2 is 1.83 bits per heavy atom. The van der Waals surface area contributed by atoms with Crippen molar-refractivity contribution in [1.29, 1.82) is 0 Å². The van der Waals surface area contributed by atoms with E-state index in [-0.39, 0.29) is 17.7 Å². The number of likely N-dealkylation sites (tertiary alicyclic amines) is 1. The highest BCUT2D eigenvalue weighted by molar-refractivity contribution is 5.94. The first-order valence-electron chi connectivity index (χ1n) is 9.10. The van der Waals surface area contributed by atoms with Gasteiger partial charge in [0.2, 0.25) is 5.91 Å². The standard InChI is InChI=1S/C20H28N2O2/c1-14-6-8-17(9-7-14)20(24)22-12-4-5-18(13-22)19(23)21(3)15(2)16-10-11-16/h6-9,15-16,18H,4-5,10-13H2,1-3H3. The second-order valence-corrected chi connectivity index (χ2v) is 7.48. The average Bonchev–Trinajstić information content (AvgIpc) is 3.45. The van der Waals surface area contributed by atoms with Gasteiger partial charge < -0.3 is 9.80 Å². The molecule has 1 saturated heterocycles. The van der Waals surface area contributed by atoms with Gasteiger partial charge in [-0.2, -0.15) is 0 Å². The number of carbonyl (C=O) groups excluding carboxylic acids is 2. The van der Waals surface area contributed by atoms with Gasteiger partial charge in [0, 0.05) is 31.7 Å². The summed E-state index contributed by atoms with van der Waals surface area (Å²) >= 11 is 0. The van der Waals surface area contributed by atoms with E-state index in [1.165, 1.54) is 12.8 Å². The smallest absolute Gasteiger partial charge is 0.253 e. The predicted octanol–water partition coefficient (Wildman–Crippen LogP) is 3.10. The molecule has 4 heteroatoms. The number of hydrogen-bond donors (Lipinski definition) is 0. The van der Waals surface area contributed by atoms with Gasteiger partial charge in [-0.1, -0.05) is 17.7 Å². The Morgan fingerprint density at radius 1 is 1.17 bits per heavy atom. The minimum atomic E-state index is -0.0562. The maximum absolute atomic E-state index is 12.8. The van der Waals surface area contributed by atoms with Gasteiger partial charge in [0.15, 0.2) is 0 Å². The number of amides is 2. The van der Waals surface area contributed by atoms with Crippen LogP contribution in [0.15, 0.2) is 24.3 Å². The molecule has 1 saturated carbocycles. The van der Waals surface area contributed by atoms with E-state index in [9.17, 15) is 9.59 Å². The number of nitrogens with zero attached hydrogens (tertiary/aromatic N) is 2. The van der Waals surface area contributed by atoms with Gasteiger partial charge in [-0.05, 0) is 57.6 Å². The molecule has 2 atom stereocenters. The number of hydrogen-bond acceptors (Lipinski definition) is 2. The molecule has 2 unspecified atom stereocenters. The first-order chi connectivity index (χ1) is 11.5. The van der Waals surface area contributed by atoms with Crippen molar-refractivity contribution in [3.05, 3.63) is 35.4 Å². The summed E-state index contributed by atoms with van der Waals surface area (Å²) in [5.41, 5.74) is 1.86. The lowest BCUT2D eigenvalue weighted by Gasteiger charge is -2.35. The number of aryl methyl sites for hydroxylation is 1. The molecule has 0 bridgehead atoms. The molecule has 130 valence electrons. The van der Waals surface area contributed by atoms with Gasteiger partial charge in [0.1, 0.15) is 0 Å². The predicted molar refractivity (Wildman–Crippen MR) is 94.8 cm³/mol. The number of piperidine rings is 1. The van der Waals surface area contributed by atoms with Crippen molar-refractivity contribution < 1.29 is 9.59 Å². The van der Waals surface area contributed by atoms with Crippen LogP contribution < -0.4 is 0 Å². The zero-order chi connectivity index (χ0) is 17.3. The summed E-state index contributed by atoms with van der Waals surface area (Å²) in [7, 11) is 1.92. The fraction of sp³-hybridized carbons (Fsp3) is 0.600. The van der Waals surface area contributed by atoms with Crippen LogP contribution >= 0.6 is 0 Å². The monoisotopic (exact) mass is 328 g/mol. The molecule has 1 heterocycles. The van der Waals surface area contributed by atoms with Crippen molar-refractivity contribution in [2.75, 3.05) is 20.1 Å². The normalized spacial score (nSPS) is 22.1. The molecule has 24 heavy (non-hydrogen) atoms. The second-order valence-electron chi connectivity index (χ2n) is 7.48. The highest BCUT2D eigenvalue weighted by Gasteiger charge is 2.36. The molecule has 0 spiro atoms. The Hall–Kier alpha value is -1.84. The van der Waals surface area contributed by atoms with E-state index < -0.39 is 0 Å². The number of benzene rings is 1. The van der Waals surface area contributed by atoms with E-state index in [0.29, 0.717) is 24.1 Å². The summed E-state index contributed by atoms with van der Waals surface area (Å²) < 4.78 is 0. The Balaban J connectivity index is 1.64. The maximum Gasteiger partial charge on any atom is 0.253 e. The Bertz CT molecular complexity index is 607. The molecule has 1 aromatic rings. The van der Waals surface area contributed by atoms with Gasteiger partial charge in [-0.3, -0.25) is 9.59 Å². The Morgan fingerprint density at radius 3 is 2.46 bits per heavy atom. The molecule has 2 aliphatic rings. The summed E-state index contributed by atoms with van der Waals surface area (Å²) in [4.78, 5) is 29.3. The quantitative estimate of drug-likeness (QED) is 0.852. The van der Waals surface area contributed by atoms with Gasteiger partial charge in [0.25, 0.3) is 5.91 Å². The molecule has 1 aliphatic carbocycles. The third kappa shape index (κ3) is 3.63. The van der Waals surface area contributed by atoms with Crippen LogP contribution in [-0.2, 0) is 4.79 Å². The van der Waals surface area contributed by atoms with Gasteiger partial charge in [-0.25, -0.2) is 0 Å². The third-order valence-corrected chi connectivity index (χ3v) is 5.62. The minimum absolute atomic E-state index is 0.0467. The fourth-order valence-electron chi connectivity index (χ4n) is 3.63. The topological polar surface area (TPSA) is 40.6 Å². The van der Waals surface area contributed by atoms with Crippen LogP contribution in [0.5, 0.6) is 0 Å². The SMILES string of the molecule is Cc1ccc(C(=O)N2CCCC(C(=O)N(C)C(C)C3CC3)C2)cc1. The zero-order valence-corrected chi connectivity index (χ0v) is 15.0. The largest absolute Gasteiger partial charge is 0.342 e. The molecule has 4 nitrogen and oxygen atoms in total. The molecule has 0 aromatic heterocycles. The summed E-state index contributed by atoms with van der Waals surface area (Å²) in [6.07, 6.45) is 4.26. The van der Waals surface area contributed by atoms with Crippen molar-refractivity contribution in [1.82, 2.24) is 9.80 Å². The lowest BCUT2D eigenvalue weighted by molar-refractivity contribution is -0.137. The zero-order valence-electron chi connectivity index (χ0n) is 15.0. The minimum Gasteiger partial charge on any atom is -0.342 e. The van der Waals surface area contributed by atoms with Crippen LogP contribution in [0.4, 0.5) is 0 Å². The van der Waals surface area contributed by atoms with E-state index >= 15 is 0 Å². The summed E-state index contributed by atoms with van der Waals surface area (Å²) in [5, 5.41) is 0. The van der Waals surface area contributed by atoms with Crippen LogP contribution in [0, 0.1) is 18.8 Å². The molecule has 3 rings (SSSR count).